The molecule has 1 N–H and O–H groups in total. The second-order valence-corrected chi connectivity index (χ2v) is 18.2. The number of carbonyl (C=O) groups is 3. The monoisotopic (exact) mass is 691 g/mol. The lowest BCUT2D eigenvalue weighted by atomic mass is 9.74. The number of carboxylic acids is 1. The Morgan fingerprint density at radius 2 is 1.58 bits per heavy atom. The third kappa shape index (κ3) is 9.27. The number of nitrogens with zero attached hydrogens (tertiary/aromatic N) is 3. The molecule has 2 aromatic rings. The molecule has 2 amide bonds. The van der Waals surface area contributed by atoms with E-state index in [1.54, 1.807) is 54.7 Å². The van der Waals surface area contributed by atoms with Crippen molar-refractivity contribution in [2.45, 2.75) is 117 Å². The maximum Gasteiger partial charge on any atom is 0.419 e. The quantitative estimate of drug-likeness (QED) is 0.180. The van der Waals surface area contributed by atoms with E-state index in [1.165, 1.54) is 0 Å². The SMILES string of the molecule is CCOP1(=O)CCN(Cc2cnoc2-c2ccccc2)C(C(C)(C)C)C1(CCCCN(C(=O)OC(C)(C)C)C(=O)OC(C)(C)C)C(=O)O. The van der Waals surface area contributed by atoms with E-state index in [4.69, 9.17) is 18.5 Å². The molecule has 1 aromatic heterocycles. The zero-order chi connectivity index (χ0) is 36.1. The summed E-state index contributed by atoms with van der Waals surface area (Å²) < 4.78 is 37.4. The van der Waals surface area contributed by atoms with E-state index in [9.17, 15) is 24.1 Å². The predicted octanol–water partition coefficient (Wildman–Crippen LogP) is 8.05. The average Bonchev–Trinajstić information content (AvgIpc) is 3.40. The van der Waals surface area contributed by atoms with Crippen molar-refractivity contribution in [3.63, 3.8) is 0 Å². The molecule has 0 radical (unpaired) electrons. The lowest BCUT2D eigenvalue weighted by Crippen LogP contribution is -2.66. The summed E-state index contributed by atoms with van der Waals surface area (Å²) >= 11 is 0. The van der Waals surface area contributed by atoms with Gasteiger partial charge in [0, 0.05) is 43.0 Å². The zero-order valence-corrected chi connectivity index (χ0v) is 31.1. The van der Waals surface area contributed by atoms with Gasteiger partial charge in [-0.3, -0.25) is 14.3 Å². The van der Waals surface area contributed by atoms with Crippen LogP contribution in [0.2, 0.25) is 0 Å². The number of carboxylic acid groups (broad SMARTS) is 1. The van der Waals surface area contributed by atoms with Crippen LogP contribution in [0.25, 0.3) is 11.3 Å². The fourth-order valence-electron chi connectivity index (χ4n) is 6.55. The van der Waals surface area contributed by atoms with E-state index in [0.717, 1.165) is 16.0 Å². The molecule has 3 unspecified atom stereocenters. The number of benzene rings is 1. The van der Waals surface area contributed by atoms with E-state index in [1.807, 2.05) is 51.1 Å². The fraction of sp³-hybridized carbons (Fsp3) is 0.657. The van der Waals surface area contributed by atoms with E-state index < -0.39 is 53.3 Å². The first-order valence-electron chi connectivity index (χ1n) is 16.6. The number of aromatic nitrogens is 1. The maximum absolute atomic E-state index is 14.9. The van der Waals surface area contributed by atoms with Crippen LogP contribution in [0.15, 0.2) is 41.1 Å². The molecule has 13 heteroatoms. The molecule has 0 saturated carbocycles. The summed E-state index contributed by atoms with van der Waals surface area (Å²) in [4.78, 5) is 42.8. The van der Waals surface area contributed by atoms with E-state index in [0.29, 0.717) is 18.8 Å². The lowest BCUT2D eigenvalue weighted by molar-refractivity contribution is -0.146. The molecule has 1 fully saturated rings. The number of hydrogen-bond acceptors (Lipinski definition) is 10. The highest BCUT2D eigenvalue weighted by molar-refractivity contribution is 7.62. The number of unbranched alkanes of at least 4 members (excludes halogenated alkanes) is 1. The topological polar surface area (TPSA) is 149 Å². The molecule has 1 saturated heterocycles. The largest absolute Gasteiger partial charge is 0.480 e. The van der Waals surface area contributed by atoms with Gasteiger partial charge in [-0.25, -0.2) is 14.5 Å². The molecule has 0 aliphatic carbocycles. The van der Waals surface area contributed by atoms with Gasteiger partial charge < -0.3 is 23.6 Å². The van der Waals surface area contributed by atoms with E-state index in [2.05, 4.69) is 10.1 Å². The molecule has 1 aliphatic rings. The van der Waals surface area contributed by atoms with Crippen molar-refractivity contribution in [2.75, 3.05) is 25.9 Å². The van der Waals surface area contributed by atoms with Gasteiger partial charge in [-0.2, -0.15) is 0 Å². The average molecular weight is 692 g/mol. The van der Waals surface area contributed by atoms with Crippen molar-refractivity contribution in [3.05, 3.63) is 42.1 Å². The minimum Gasteiger partial charge on any atom is -0.480 e. The predicted molar refractivity (Wildman–Crippen MR) is 183 cm³/mol. The van der Waals surface area contributed by atoms with Crippen molar-refractivity contribution in [2.24, 2.45) is 5.41 Å². The highest BCUT2D eigenvalue weighted by Gasteiger charge is 2.66. The second-order valence-electron chi connectivity index (χ2n) is 15.4. The smallest absolute Gasteiger partial charge is 0.419 e. The lowest BCUT2D eigenvalue weighted by Gasteiger charge is -2.55. The first-order valence-corrected chi connectivity index (χ1v) is 18.4. The Morgan fingerprint density at radius 1 is 1.00 bits per heavy atom. The van der Waals surface area contributed by atoms with Crippen LogP contribution in [0.1, 0.15) is 94.1 Å². The summed E-state index contributed by atoms with van der Waals surface area (Å²) in [5.74, 6) is -0.610. The number of amides is 2. The van der Waals surface area contributed by atoms with Crippen LogP contribution in [-0.4, -0.2) is 86.5 Å². The van der Waals surface area contributed by atoms with Crippen LogP contribution in [0.3, 0.4) is 0 Å². The van der Waals surface area contributed by atoms with Gasteiger partial charge >= 0.3 is 18.2 Å². The molecular weight excluding hydrogens is 637 g/mol. The molecule has 3 rings (SSSR count). The van der Waals surface area contributed by atoms with Crippen molar-refractivity contribution in [3.8, 4) is 11.3 Å². The van der Waals surface area contributed by atoms with Gasteiger partial charge in [-0.1, -0.05) is 56.3 Å². The molecule has 268 valence electrons. The Labute approximate surface area is 284 Å². The Kier molecular flexibility index (Phi) is 12.4. The highest BCUT2D eigenvalue weighted by Crippen LogP contribution is 2.67. The van der Waals surface area contributed by atoms with Crippen LogP contribution in [0, 0.1) is 5.41 Å². The second kappa shape index (κ2) is 15.1. The van der Waals surface area contributed by atoms with Crippen molar-refractivity contribution in [1.82, 2.24) is 15.0 Å². The molecular formula is C35H54N3O9P. The fourth-order valence-corrected chi connectivity index (χ4v) is 9.96. The molecule has 0 bridgehead atoms. The number of aliphatic carboxylic acids is 1. The Hall–Kier alpha value is -3.21. The van der Waals surface area contributed by atoms with Crippen LogP contribution in [0.5, 0.6) is 0 Å². The summed E-state index contributed by atoms with van der Waals surface area (Å²) in [5.41, 5.74) is -0.739. The maximum atomic E-state index is 14.9. The first kappa shape index (κ1) is 39.2. The minimum absolute atomic E-state index is 0.0102. The standard InChI is InChI=1S/C35H54N3O9P/c1-11-44-48(43)22-21-37(24-26-23-36-47-27(26)25-17-13-12-14-18-25)28(32(2,3)4)35(48,29(39)40)19-15-16-20-38(30(41)45-33(5,6)7)31(42)46-34(8,9)10/h12-14,17-18,23,28H,11,15-16,19-22,24H2,1-10H3,(H,39,40). The number of hydrogen-bond donors (Lipinski definition) is 1. The highest BCUT2D eigenvalue weighted by atomic mass is 31.2. The summed E-state index contributed by atoms with van der Waals surface area (Å²) in [6.45, 7) is 18.4. The van der Waals surface area contributed by atoms with Crippen LogP contribution in [-0.2, 0) is 29.9 Å². The Morgan fingerprint density at radius 3 is 2.08 bits per heavy atom. The number of carbonyl (C=O) groups excluding carboxylic acids is 2. The first-order chi connectivity index (χ1) is 22.1. The van der Waals surface area contributed by atoms with Gasteiger partial charge in [0.2, 0.25) is 7.37 Å². The Balaban J connectivity index is 1.98. The third-order valence-electron chi connectivity index (χ3n) is 8.11. The number of imide groups is 1. The van der Waals surface area contributed by atoms with Gasteiger partial charge in [0.1, 0.15) is 11.2 Å². The van der Waals surface area contributed by atoms with Gasteiger partial charge in [0.15, 0.2) is 10.9 Å². The van der Waals surface area contributed by atoms with Crippen molar-refractivity contribution < 1.29 is 42.6 Å². The van der Waals surface area contributed by atoms with Gasteiger partial charge in [-0.15, -0.1) is 0 Å². The Bertz CT molecular complexity index is 1430. The number of rotatable bonds is 11. The molecule has 0 spiro atoms. The van der Waals surface area contributed by atoms with Gasteiger partial charge in [-0.05, 0) is 73.1 Å². The van der Waals surface area contributed by atoms with Crippen molar-refractivity contribution >= 4 is 25.5 Å². The zero-order valence-electron chi connectivity index (χ0n) is 30.2. The van der Waals surface area contributed by atoms with Gasteiger partial charge in [0.25, 0.3) is 0 Å². The van der Waals surface area contributed by atoms with Crippen LogP contribution < -0.4 is 0 Å². The minimum atomic E-state index is -3.80. The molecule has 12 nitrogen and oxygen atoms in total. The normalized spacial score (nSPS) is 22.2. The van der Waals surface area contributed by atoms with E-state index in [-0.39, 0.29) is 38.6 Å². The molecule has 2 heterocycles. The van der Waals surface area contributed by atoms with E-state index >= 15 is 0 Å². The molecule has 48 heavy (non-hydrogen) atoms. The summed E-state index contributed by atoms with van der Waals surface area (Å²) in [6, 6.07) is 8.84. The molecule has 3 atom stereocenters. The van der Waals surface area contributed by atoms with Crippen molar-refractivity contribution in [1.29, 1.82) is 0 Å². The molecule has 1 aromatic carbocycles. The van der Waals surface area contributed by atoms with Crippen LogP contribution in [0.4, 0.5) is 9.59 Å². The third-order valence-corrected chi connectivity index (χ3v) is 11.4. The summed E-state index contributed by atoms with van der Waals surface area (Å²) in [6.07, 6.45) is 0.419. The van der Waals surface area contributed by atoms with Crippen LogP contribution >= 0.6 is 7.37 Å². The molecule has 1 aliphatic heterocycles. The summed E-state index contributed by atoms with van der Waals surface area (Å²) in [5, 5.41) is 13.4. The summed E-state index contributed by atoms with van der Waals surface area (Å²) in [7, 11) is -3.80. The number of ether oxygens (including phenoxy) is 2. The van der Waals surface area contributed by atoms with Gasteiger partial charge in [0.05, 0.1) is 12.8 Å².